The van der Waals surface area contributed by atoms with E-state index >= 15 is 0 Å². The Bertz CT molecular complexity index is 618. The Morgan fingerprint density at radius 1 is 1.11 bits per heavy atom. The molecule has 0 bridgehead atoms. The Labute approximate surface area is 111 Å². The molecule has 0 aliphatic rings. The maximum absolute atomic E-state index is 13.6. The van der Waals surface area contributed by atoms with Crippen molar-refractivity contribution in [1.29, 1.82) is 0 Å². The van der Waals surface area contributed by atoms with Crippen LogP contribution in [0.25, 0.3) is 0 Å². The molecule has 0 saturated heterocycles. The standard InChI is InChI=1S/C15H15FN2O/c1-9-3-4-13(16)14(7-9)18-15(19)11-5-10(2)6-12(17)8-11/h3-8H,17H2,1-2H3,(H,18,19). The third-order valence-electron chi connectivity index (χ3n) is 2.73. The molecule has 0 heterocycles. The summed E-state index contributed by atoms with van der Waals surface area (Å²) < 4.78 is 13.6. The van der Waals surface area contributed by atoms with Crippen LogP contribution in [-0.4, -0.2) is 5.91 Å². The number of carbonyl (C=O) groups is 1. The van der Waals surface area contributed by atoms with Crippen LogP contribution in [0.15, 0.2) is 36.4 Å². The molecule has 3 N–H and O–H groups in total. The molecule has 98 valence electrons. The molecular formula is C15H15FN2O. The number of benzene rings is 2. The maximum Gasteiger partial charge on any atom is 0.255 e. The third kappa shape index (κ3) is 3.10. The van der Waals surface area contributed by atoms with Gasteiger partial charge in [-0.2, -0.15) is 0 Å². The SMILES string of the molecule is Cc1cc(N)cc(C(=O)Nc2cc(C)ccc2F)c1. The summed E-state index contributed by atoms with van der Waals surface area (Å²) in [5.41, 5.74) is 8.55. The number of carbonyl (C=O) groups excluding carboxylic acids is 1. The Morgan fingerprint density at radius 2 is 1.84 bits per heavy atom. The van der Waals surface area contributed by atoms with Crippen LogP contribution in [0.5, 0.6) is 0 Å². The number of nitrogen functional groups attached to an aromatic ring is 1. The average Bonchev–Trinajstić information content (AvgIpc) is 2.32. The number of halogens is 1. The van der Waals surface area contributed by atoms with Gasteiger partial charge in [-0.15, -0.1) is 0 Å². The fourth-order valence-electron chi connectivity index (χ4n) is 1.87. The smallest absolute Gasteiger partial charge is 0.255 e. The van der Waals surface area contributed by atoms with E-state index in [1.165, 1.54) is 6.07 Å². The highest BCUT2D eigenvalue weighted by Crippen LogP contribution is 2.18. The van der Waals surface area contributed by atoms with Gasteiger partial charge in [-0.25, -0.2) is 4.39 Å². The van der Waals surface area contributed by atoms with E-state index in [0.717, 1.165) is 11.1 Å². The third-order valence-corrected chi connectivity index (χ3v) is 2.73. The monoisotopic (exact) mass is 258 g/mol. The topological polar surface area (TPSA) is 55.1 Å². The van der Waals surface area contributed by atoms with E-state index in [2.05, 4.69) is 5.32 Å². The fraction of sp³-hybridized carbons (Fsp3) is 0.133. The van der Waals surface area contributed by atoms with Crippen molar-refractivity contribution < 1.29 is 9.18 Å². The molecule has 19 heavy (non-hydrogen) atoms. The van der Waals surface area contributed by atoms with Crippen molar-refractivity contribution in [2.24, 2.45) is 0 Å². The van der Waals surface area contributed by atoms with E-state index in [-0.39, 0.29) is 11.6 Å². The Balaban J connectivity index is 2.28. The zero-order valence-electron chi connectivity index (χ0n) is 10.8. The van der Waals surface area contributed by atoms with Gasteiger partial charge in [0.05, 0.1) is 5.69 Å². The van der Waals surface area contributed by atoms with Crippen LogP contribution in [0.3, 0.4) is 0 Å². The number of rotatable bonds is 2. The van der Waals surface area contributed by atoms with Gasteiger partial charge in [0, 0.05) is 11.3 Å². The van der Waals surface area contributed by atoms with E-state index in [1.807, 2.05) is 13.8 Å². The Kier molecular flexibility index (Phi) is 3.51. The molecule has 0 aliphatic carbocycles. The summed E-state index contributed by atoms with van der Waals surface area (Å²) >= 11 is 0. The lowest BCUT2D eigenvalue weighted by Gasteiger charge is -2.08. The van der Waals surface area contributed by atoms with Crippen LogP contribution in [0, 0.1) is 19.7 Å². The van der Waals surface area contributed by atoms with Gasteiger partial charge in [-0.1, -0.05) is 6.07 Å². The fourth-order valence-corrected chi connectivity index (χ4v) is 1.87. The molecule has 1 amide bonds. The predicted molar refractivity (Wildman–Crippen MR) is 74.7 cm³/mol. The van der Waals surface area contributed by atoms with Gasteiger partial charge in [-0.3, -0.25) is 4.79 Å². The summed E-state index contributed by atoms with van der Waals surface area (Å²) in [4.78, 5) is 12.0. The summed E-state index contributed by atoms with van der Waals surface area (Å²) in [7, 11) is 0. The van der Waals surface area contributed by atoms with E-state index in [1.54, 1.807) is 30.3 Å². The lowest BCUT2D eigenvalue weighted by atomic mass is 10.1. The van der Waals surface area contributed by atoms with Crippen LogP contribution in [-0.2, 0) is 0 Å². The minimum atomic E-state index is -0.459. The molecule has 4 heteroatoms. The quantitative estimate of drug-likeness (QED) is 0.812. The lowest BCUT2D eigenvalue weighted by Crippen LogP contribution is -2.13. The van der Waals surface area contributed by atoms with Crippen molar-refractivity contribution >= 4 is 17.3 Å². The molecule has 0 saturated carbocycles. The molecule has 0 unspecified atom stereocenters. The van der Waals surface area contributed by atoms with E-state index in [4.69, 9.17) is 5.73 Å². The van der Waals surface area contributed by atoms with Gasteiger partial charge < -0.3 is 11.1 Å². The summed E-state index contributed by atoms with van der Waals surface area (Å²) in [5, 5.41) is 2.55. The van der Waals surface area contributed by atoms with Crippen molar-refractivity contribution in [3.8, 4) is 0 Å². The first kappa shape index (κ1) is 13.1. The van der Waals surface area contributed by atoms with Crippen molar-refractivity contribution in [2.75, 3.05) is 11.1 Å². The number of hydrogen-bond donors (Lipinski definition) is 2. The maximum atomic E-state index is 13.6. The van der Waals surface area contributed by atoms with Gasteiger partial charge in [0.2, 0.25) is 0 Å². The van der Waals surface area contributed by atoms with E-state index in [0.29, 0.717) is 11.3 Å². The van der Waals surface area contributed by atoms with E-state index in [9.17, 15) is 9.18 Å². The Hall–Kier alpha value is -2.36. The summed E-state index contributed by atoms with van der Waals surface area (Å²) in [6, 6.07) is 9.61. The van der Waals surface area contributed by atoms with Crippen LogP contribution >= 0.6 is 0 Å². The number of aryl methyl sites for hydroxylation is 2. The van der Waals surface area contributed by atoms with Crippen molar-refractivity contribution in [2.45, 2.75) is 13.8 Å². The second kappa shape index (κ2) is 5.10. The zero-order valence-corrected chi connectivity index (χ0v) is 10.8. The molecule has 0 aromatic heterocycles. The van der Waals surface area contributed by atoms with E-state index < -0.39 is 5.82 Å². The molecule has 2 rings (SSSR count). The Morgan fingerprint density at radius 3 is 2.53 bits per heavy atom. The lowest BCUT2D eigenvalue weighted by molar-refractivity contribution is 0.102. The van der Waals surface area contributed by atoms with Gasteiger partial charge in [0.1, 0.15) is 5.82 Å². The predicted octanol–water partition coefficient (Wildman–Crippen LogP) is 3.28. The molecule has 0 radical (unpaired) electrons. The number of hydrogen-bond acceptors (Lipinski definition) is 2. The number of nitrogens with one attached hydrogen (secondary N) is 1. The summed E-state index contributed by atoms with van der Waals surface area (Å²) in [6.07, 6.45) is 0. The first-order valence-corrected chi connectivity index (χ1v) is 5.90. The normalized spacial score (nSPS) is 10.3. The molecule has 0 spiro atoms. The highest BCUT2D eigenvalue weighted by molar-refractivity contribution is 6.05. The molecular weight excluding hydrogens is 243 g/mol. The first-order chi connectivity index (χ1) is 8.95. The number of anilines is 2. The van der Waals surface area contributed by atoms with Gasteiger partial charge in [0.15, 0.2) is 0 Å². The molecule has 0 fully saturated rings. The highest BCUT2D eigenvalue weighted by atomic mass is 19.1. The molecule has 0 atom stereocenters. The second-order valence-electron chi connectivity index (χ2n) is 4.57. The second-order valence-corrected chi connectivity index (χ2v) is 4.57. The molecule has 0 aliphatic heterocycles. The van der Waals surface area contributed by atoms with Gasteiger partial charge >= 0.3 is 0 Å². The molecule has 2 aromatic carbocycles. The van der Waals surface area contributed by atoms with Crippen LogP contribution < -0.4 is 11.1 Å². The van der Waals surface area contributed by atoms with Crippen molar-refractivity contribution in [1.82, 2.24) is 0 Å². The van der Waals surface area contributed by atoms with Crippen molar-refractivity contribution in [3.63, 3.8) is 0 Å². The van der Waals surface area contributed by atoms with Crippen LogP contribution in [0.1, 0.15) is 21.5 Å². The summed E-state index contributed by atoms with van der Waals surface area (Å²) in [5.74, 6) is -0.834. The molecule has 2 aromatic rings. The number of nitrogens with two attached hydrogens (primary N) is 1. The van der Waals surface area contributed by atoms with Crippen LogP contribution in [0.4, 0.5) is 15.8 Å². The highest BCUT2D eigenvalue weighted by Gasteiger charge is 2.10. The van der Waals surface area contributed by atoms with Gasteiger partial charge in [-0.05, 0) is 55.3 Å². The first-order valence-electron chi connectivity index (χ1n) is 5.90. The largest absolute Gasteiger partial charge is 0.399 e. The zero-order chi connectivity index (χ0) is 14.0. The van der Waals surface area contributed by atoms with Gasteiger partial charge in [0.25, 0.3) is 5.91 Å². The van der Waals surface area contributed by atoms with Crippen LogP contribution in [0.2, 0.25) is 0 Å². The van der Waals surface area contributed by atoms with Crippen molar-refractivity contribution in [3.05, 3.63) is 58.9 Å². The number of amides is 1. The molecule has 3 nitrogen and oxygen atoms in total. The summed E-state index contributed by atoms with van der Waals surface area (Å²) in [6.45, 7) is 3.68. The minimum absolute atomic E-state index is 0.171. The minimum Gasteiger partial charge on any atom is -0.399 e. The average molecular weight is 258 g/mol.